The maximum atomic E-state index is 13.2. The molecule has 1 N–H and O–H groups in total. The van der Waals surface area contributed by atoms with Crippen LogP contribution in [0.15, 0.2) is 33.5 Å². The van der Waals surface area contributed by atoms with Crippen LogP contribution < -0.4 is 10.9 Å². The number of thiophene rings is 1. The lowest BCUT2D eigenvalue weighted by Crippen LogP contribution is -2.44. The van der Waals surface area contributed by atoms with Crippen LogP contribution in [0.1, 0.15) is 38.8 Å². The maximum absolute atomic E-state index is 13.2. The van der Waals surface area contributed by atoms with Crippen LogP contribution in [0.3, 0.4) is 0 Å². The van der Waals surface area contributed by atoms with Gasteiger partial charge in [-0.2, -0.15) is 0 Å². The molecule has 1 amide bonds. The third-order valence-corrected chi connectivity index (χ3v) is 6.76. The Morgan fingerprint density at radius 3 is 2.55 bits per heavy atom. The average molecular weight is 430 g/mol. The fourth-order valence-electron chi connectivity index (χ4n) is 2.96. The van der Waals surface area contributed by atoms with Gasteiger partial charge in [0.15, 0.2) is 5.16 Å². The highest BCUT2D eigenvalue weighted by molar-refractivity contribution is 8.00. The maximum Gasteiger partial charge on any atom is 0.263 e. The third-order valence-electron chi connectivity index (χ3n) is 4.74. The Balaban J connectivity index is 1.99. The van der Waals surface area contributed by atoms with Crippen molar-refractivity contribution in [3.05, 3.63) is 45.1 Å². The Morgan fingerprint density at radius 2 is 1.93 bits per heavy atom. The minimum Gasteiger partial charge on any atom is -0.351 e. The number of aryl methyl sites for hydroxylation is 2. The molecule has 2 aromatic heterocycles. The molecule has 0 bridgehead atoms. The lowest BCUT2D eigenvalue weighted by molar-refractivity contribution is -0.121. The van der Waals surface area contributed by atoms with Gasteiger partial charge < -0.3 is 5.32 Å². The molecule has 7 heteroatoms. The van der Waals surface area contributed by atoms with Gasteiger partial charge in [-0.05, 0) is 58.2 Å². The molecule has 2 heterocycles. The van der Waals surface area contributed by atoms with Gasteiger partial charge >= 0.3 is 0 Å². The quantitative estimate of drug-likeness (QED) is 0.483. The Morgan fingerprint density at radius 1 is 1.24 bits per heavy atom. The fraction of sp³-hybridized carbons (Fsp3) is 0.409. The van der Waals surface area contributed by atoms with Gasteiger partial charge in [-0.3, -0.25) is 14.2 Å². The lowest BCUT2D eigenvalue weighted by atomic mass is 10.0. The Hall–Kier alpha value is -2.12. The highest BCUT2D eigenvalue weighted by atomic mass is 32.2. The number of hydrogen-bond donors (Lipinski definition) is 1. The van der Waals surface area contributed by atoms with Crippen LogP contribution >= 0.6 is 23.1 Å². The molecular formula is C22H27N3O2S2. The molecule has 1 atom stereocenters. The second-order valence-electron chi connectivity index (χ2n) is 8.39. The first kappa shape index (κ1) is 21.6. The average Bonchev–Trinajstić information content (AvgIpc) is 3.04. The SMILES string of the molecule is Cc1ccc(-c2csc3nc(SC(C)C(=O)NC(C)(C)C)n(C)c(=O)c23)cc1C. The molecule has 5 nitrogen and oxygen atoms in total. The smallest absolute Gasteiger partial charge is 0.263 e. The minimum atomic E-state index is -0.357. The van der Waals surface area contributed by atoms with Crippen molar-refractivity contribution >= 4 is 39.2 Å². The zero-order valence-electron chi connectivity index (χ0n) is 17.9. The highest BCUT2D eigenvalue weighted by Crippen LogP contribution is 2.33. The van der Waals surface area contributed by atoms with Crippen molar-refractivity contribution in [1.82, 2.24) is 14.9 Å². The summed E-state index contributed by atoms with van der Waals surface area (Å²) in [4.78, 5) is 31.0. The number of nitrogens with zero attached hydrogens (tertiary/aromatic N) is 2. The van der Waals surface area contributed by atoms with Crippen LogP contribution in [0.4, 0.5) is 0 Å². The molecule has 154 valence electrons. The zero-order valence-corrected chi connectivity index (χ0v) is 19.5. The number of benzene rings is 1. The molecule has 3 rings (SSSR count). The van der Waals surface area contributed by atoms with Crippen molar-refractivity contribution < 1.29 is 4.79 Å². The predicted octanol–water partition coefficient (Wildman–Crippen LogP) is 4.67. The standard InChI is InChI=1S/C22H27N3O2S2/c1-12-8-9-15(10-13(12)2)16-11-28-19-17(16)20(27)25(7)21(23-19)29-14(3)18(26)24-22(4,5)6/h8-11,14H,1-7H3,(H,24,26). The summed E-state index contributed by atoms with van der Waals surface area (Å²) in [7, 11) is 1.72. The molecule has 0 fully saturated rings. The third kappa shape index (κ3) is 4.56. The molecule has 0 aliphatic carbocycles. The minimum absolute atomic E-state index is 0.0705. The highest BCUT2D eigenvalue weighted by Gasteiger charge is 2.23. The number of carbonyl (C=O) groups is 1. The summed E-state index contributed by atoms with van der Waals surface area (Å²) in [6.45, 7) is 11.8. The van der Waals surface area contributed by atoms with Gasteiger partial charge in [0.2, 0.25) is 5.91 Å². The van der Waals surface area contributed by atoms with Crippen LogP contribution in [0.25, 0.3) is 21.3 Å². The topological polar surface area (TPSA) is 64.0 Å². The van der Waals surface area contributed by atoms with Crippen LogP contribution in [-0.4, -0.2) is 26.2 Å². The van der Waals surface area contributed by atoms with Crippen LogP contribution in [0.5, 0.6) is 0 Å². The first-order chi connectivity index (χ1) is 13.5. The molecule has 0 saturated heterocycles. The Bertz CT molecular complexity index is 1140. The lowest BCUT2D eigenvalue weighted by Gasteiger charge is -2.23. The van der Waals surface area contributed by atoms with Crippen molar-refractivity contribution in [3.8, 4) is 11.1 Å². The second-order valence-corrected chi connectivity index (χ2v) is 10.6. The summed E-state index contributed by atoms with van der Waals surface area (Å²) >= 11 is 2.77. The number of rotatable bonds is 4. The monoisotopic (exact) mass is 429 g/mol. The predicted molar refractivity (Wildman–Crippen MR) is 123 cm³/mol. The molecule has 29 heavy (non-hydrogen) atoms. The summed E-state index contributed by atoms with van der Waals surface area (Å²) in [5.41, 5.74) is 3.96. The number of carbonyl (C=O) groups excluding carboxylic acids is 1. The van der Waals surface area contributed by atoms with Gasteiger partial charge in [0.1, 0.15) is 4.83 Å². The van der Waals surface area contributed by atoms with E-state index in [-0.39, 0.29) is 22.3 Å². The van der Waals surface area contributed by atoms with E-state index in [1.807, 2.05) is 39.1 Å². The van der Waals surface area contributed by atoms with Crippen LogP contribution in [-0.2, 0) is 11.8 Å². The van der Waals surface area contributed by atoms with Gasteiger partial charge in [0, 0.05) is 23.5 Å². The van der Waals surface area contributed by atoms with E-state index >= 15 is 0 Å². The van der Waals surface area contributed by atoms with E-state index in [2.05, 4.69) is 31.3 Å². The molecule has 0 spiro atoms. The van der Waals surface area contributed by atoms with Crippen molar-refractivity contribution in [2.75, 3.05) is 0 Å². The normalized spacial score (nSPS) is 12.9. The summed E-state index contributed by atoms with van der Waals surface area (Å²) in [5, 5.41) is 5.79. The first-order valence-electron chi connectivity index (χ1n) is 9.52. The van der Waals surface area contributed by atoms with E-state index in [0.717, 1.165) is 11.1 Å². The van der Waals surface area contributed by atoms with Gasteiger partial charge in [-0.1, -0.05) is 30.0 Å². The molecule has 1 unspecified atom stereocenters. The Labute approximate surface area is 179 Å². The first-order valence-corrected chi connectivity index (χ1v) is 11.3. The number of nitrogens with one attached hydrogen (secondary N) is 1. The number of fused-ring (bicyclic) bond motifs is 1. The second kappa shape index (κ2) is 7.95. The number of amides is 1. The van der Waals surface area contributed by atoms with E-state index in [4.69, 9.17) is 4.98 Å². The number of thioether (sulfide) groups is 1. The van der Waals surface area contributed by atoms with E-state index in [0.29, 0.717) is 15.4 Å². The largest absolute Gasteiger partial charge is 0.351 e. The van der Waals surface area contributed by atoms with E-state index in [1.54, 1.807) is 11.6 Å². The molecule has 0 aliphatic rings. The van der Waals surface area contributed by atoms with Crippen LogP contribution in [0.2, 0.25) is 0 Å². The summed E-state index contributed by atoms with van der Waals surface area (Å²) in [6, 6.07) is 6.23. The van der Waals surface area contributed by atoms with Crippen molar-refractivity contribution in [2.24, 2.45) is 7.05 Å². The zero-order chi connectivity index (χ0) is 21.5. The molecule has 0 aliphatic heterocycles. The van der Waals surface area contributed by atoms with Gasteiger partial charge in [0.05, 0.1) is 10.6 Å². The summed E-state index contributed by atoms with van der Waals surface area (Å²) in [6.07, 6.45) is 0. The summed E-state index contributed by atoms with van der Waals surface area (Å²) in [5.74, 6) is -0.0705. The van der Waals surface area contributed by atoms with Gasteiger partial charge in [-0.15, -0.1) is 11.3 Å². The van der Waals surface area contributed by atoms with Gasteiger partial charge in [0.25, 0.3) is 5.56 Å². The molecular weight excluding hydrogens is 402 g/mol. The molecule has 0 radical (unpaired) electrons. The molecule has 1 aromatic carbocycles. The fourth-order valence-corrected chi connectivity index (χ4v) is 4.83. The van der Waals surface area contributed by atoms with Crippen molar-refractivity contribution in [1.29, 1.82) is 0 Å². The molecule has 0 saturated carbocycles. The van der Waals surface area contributed by atoms with E-state index in [1.165, 1.54) is 34.2 Å². The molecule has 3 aromatic rings. The van der Waals surface area contributed by atoms with E-state index < -0.39 is 0 Å². The van der Waals surface area contributed by atoms with Crippen LogP contribution in [0, 0.1) is 13.8 Å². The summed E-state index contributed by atoms with van der Waals surface area (Å²) < 4.78 is 1.55. The Kier molecular flexibility index (Phi) is 5.92. The number of hydrogen-bond acceptors (Lipinski definition) is 5. The van der Waals surface area contributed by atoms with Gasteiger partial charge in [-0.25, -0.2) is 4.98 Å². The number of aromatic nitrogens is 2. The van der Waals surface area contributed by atoms with Crippen molar-refractivity contribution in [3.63, 3.8) is 0 Å². The van der Waals surface area contributed by atoms with E-state index in [9.17, 15) is 9.59 Å². The van der Waals surface area contributed by atoms with Crippen molar-refractivity contribution in [2.45, 2.75) is 57.5 Å².